The SMILES string of the molecule is CCOc1ccc(-c2csc(NC(=O)C=Cc3ccc(Cl)cc3Cl)n2)cc1. The third-order valence-electron chi connectivity index (χ3n) is 3.57. The summed E-state index contributed by atoms with van der Waals surface area (Å²) in [6, 6.07) is 12.8. The lowest BCUT2D eigenvalue weighted by molar-refractivity contribution is -0.111. The van der Waals surface area contributed by atoms with Crippen LogP contribution in [0.3, 0.4) is 0 Å². The summed E-state index contributed by atoms with van der Waals surface area (Å²) in [4.78, 5) is 16.6. The van der Waals surface area contributed by atoms with E-state index in [1.165, 1.54) is 17.4 Å². The fourth-order valence-corrected chi connectivity index (χ4v) is 3.50. The smallest absolute Gasteiger partial charge is 0.250 e. The number of nitrogens with one attached hydrogen (secondary N) is 1. The van der Waals surface area contributed by atoms with E-state index in [9.17, 15) is 4.79 Å². The molecule has 1 aromatic heterocycles. The standard InChI is InChI=1S/C20H16Cl2N2O2S/c1-2-26-16-8-4-14(5-9-16)18-12-27-20(23-18)24-19(25)10-6-13-3-7-15(21)11-17(13)22/h3-12H,2H2,1H3,(H,23,24,25). The van der Waals surface area contributed by atoms with Gasteiger partial charge in [0.1, 0.15) is 5.75 Å². The molecule has 2 aromatic carbocycles. The fraction of sp³-hybridized carbons (Fsp3) is 0.100. The van der Waals surface area contributed by atoms with Gasteiger partial charge in [0.05, 0.1) is 12.3 Å². The van der Waals surface area contributed by atoms with Crippen molar-refractivity contribution >= 4 is 51.7 Å². The fourth-order valence-electron chi connectivity index (χ4n) is 2.30. The molecule has 0 aliphatic carbocycles. The predicted molar refractivity (Wildman–Crippen MR) is 113 cm³/mol. The number of anilines is 1. The van der Waals surface area contributed by atoms with Gasteiger partial charge in [-0.15, -0.1) is 11.3 Å². The van der Waals surface area contributed by atoms with Gasteiger partial charge >= 0.3 is 0 Å². The highest BCUT2D eigenvalue weighted by Gasteiger charge is 2.07. The molecule has 0 aliphatic heterocycles. The first-order valence-corrected chi connectivity index (χ1v) is 9.81. The molecule has 0 unspecified atom stereocenters. The lowest BCUT2D eigenvalue weighted by atomic mass is 10.2. The number of hydrogen-bond acceptors (Lipinski definition) is 4. The van der Waals surface area contributed by atoms with Crippen LogP contribution in [0.4, 0.5) is 5.13 Å². The van der Waals surface area contributed by atoms with Crippen molar-refractivity contribution < 1.29 is 9.53 Å². The van der Waals surface area contributed by atoms with Gasteiger partial charge in [-0.1, -0.05) is 29.3 Å². The number of carbonyl (C=O) groups is 1. The van der Waals surface area contributed by atoms with Crippen LogP contribution >= 0.6 is 34.5 Å². The van der Waals surface area contributed by atoms with E-state index in [0.29, 0.717) is 27.3 Å². The van der Waals surface area contributed by atoms with E-state index in [0.717, 1.165) is 17.0 Å². The van der Waals surface area contributed by atoms with Gasteiger partial charge in [-0.25, -0.2) is 4.98 Å². The monoisotopic (exact) mass is 418 g/mol. The van der Waals surface area contributed by atoms with E-state index in [1.54, 1.807) is 24.3 Å². The average molecular weight is 419 g/mol. The number of amides is 1. The van der Waals surface area contributed by atoms with E-state index >= 15 is 0 Å². The second-order valence-corrected chi connectivity index (χ2v) is 7.19. The van der Waals surface area contributed by atoms with Gasteiger partial charge in [-0.05, 0) is 55.0 Å². The summed E-state index contributed by atoms with van der Waals surface area (Å²) in [5.41, 5.74) is 2.46. The lowest BCUT2D eigenvalue weighted by Crippen LogP contribution is -2.07. The first-order chi connectivity index (χ1) is 13.0. The topological polar surface area (TPSA) is 51.2 Å². The zero-order chi connectivity index (χ0) is 19.2. The molecule has 0 bridgehead atoms. The molecule has 1 heterocycles. The number of hydrogen-bond donors (Lipinski definition) is 1. The number of benzene rings is 2. The molecule has 0 aliphatic rings. The Morgan fingerprint density at radius 2 is 2.00 bits per heavy atom. The van der Waals surface area contributed by atoms with Crippen molar-refractivity contribution in [1.82, 2.24) is 4.98 Å². The Morgan fingerprint density at radius 3 is 2.70 bits per heavy atom. The molecule has 0 saturated carbocycles. The Morgan fingerprint density at radius 1 is 1.22 bits per heavy atom. The molecule has 0 saturated heterocycles. The second kappa shape index (κ2) is 9.04. The summed E-state index contributed by atoms with van der Waals surface area (Å²) in [5, 5.41) is 6.20. The third kappa shape index (κ3) is 5.32. The molecule has 1 amide bonds. The zero-order valence-corrected chi connectivity index (χ0v) is 16.7. The number of nitrogens with zero attached hydrogens (tertiary/aromatic N) is 1. The van der Waals surface area contributed by atoms with Gasteiger partial charge in [0.2, 0.25) is 5.91 Å². The van der Waals surface area contributed by atoms with Crippen molar-refractivity contribution in [3.63, 3.8) is 0 Å². The molecule has 138 valence electrons. The first-order valence-electron chi connectivity index (χ1n) is 8.18. The van der Waals surface area contributed by atoms with Gasteiger partial charge in [-0.2, -0.15) is 0 Å². The molecular formula is C20H16Cl2N2O2S. The van der Waals surface area contributed by atoms with Crippen LogP contribution in [0.2, 0.25) is 10.0 Å². The Hall–Kier alpha value is -2.34. The Bertz CT molecular complexity index is 968. The molecule has 4 nitrogen and oxygen atoms in total. The van der Waals surface area contributed by atoms with Crippen molar-refractivity contribution in [2.45, 2.75) is 6.92 Å². The maximum absolute atomic E-state index is 12.1. The molecule has 7 heteroatoms. The number of ether oxygens (including phenoxy) is 1. The average Bonchev–Trinajstić information content (AvgIpc) is 3.10. The van der Waals surface area contributed by atoms with E-state index in [2.05, 4.69) is 10.3 Å². The largest absolute Gasteiger partial charge is 0.494 e. The van der Waals surface area contributed by atoms with Crippen LogP contribution in [0.1, 0.15) is 12.5 Å². The summed E-state index contributed by atoms with van der Waals surface area (Å²) in [6.45, 7) is 2.57. The van der Waals surface area contributed by atoms with Crippen LogP contribution < -0.4 is 10.1 Å². The molecule has 0 spiro atoms. The lowest BCUT2D eigenvalue weighted by Gasteiger charge is -2.03. The summed E-state index contributed by atoms with van der Waals surface area (Å²) in [6.07, 6.45) is 3.04. The summed E-state index contributed by atoms with van der Waals surface area (Å²) in [5.74, 6) is 0.532. The normalized spacial score (nSPS) is 10.9. The molecule has 27 heavy (non-hydrogen) atoms. The highest BCUT2D eigenvalue weighted by molar-refractivity contribution is 7.14. The van der Waals surface area contributed by atoms with Crippen LogP contribution in [0.15, 0.2) is 53.9 Å². The molecule has 3 aromatic rings. The number of rotatable bonds is 6. The first kappa shape index (κ1) is 19.4. The minimum Gasteiger partial charge on any atom is -0.494 e. The van der Waals surface area contributed by atoms with Gasteiger partial charge < -0.3 is 4.74 Å². The zero-order valence-electron chi connectivity index (χ0n) is 14.4. The van der Waals surface area contributed by atoms with Crippen molar-refractivity contribution in [2.75, 3.05) is 11.9 Å². The van der Waals surface area contributed by atoms with Crippen molar-refractivity contribution in [3.05, 3.63) is 69.5 Å². The van der Waals surface area contributed by atoms with Crippen molar-refractivity contribution in [3.8, 4) is 17.0 Å². The summed E-state index contributed by atoms with van der Waals surface area (Å²) < 4.78 is 5.43. The van der Waals surface area contributed by atoms with Crippen LogP contribution in [0.25, 0.3) is 17.3 Å². The van der Waals surface area contributed by atoms with Crippen LogP contribution in [-0.4, -0.2) is 17.5 Å². The number of aromatic nitrogens is 1. The molecular weight excluding hydrogens is 403 g/mol. The number of halogens is 2. The van der Waals surface area contributed by atoms with E-state index in [-0.39, 0.29) is 5.91 Å². The van der Waals surface area contributed by atoms with Crippen molar-refractivity contribution in [2.24, 2.45) is 0 Å². The maximum Gasteiger partial charge on any atom is 0.250 e. The molecule has 0 fully saturated rings. The Kier molecular flexibility index (Phi) is 6.50. The van der Waals surface area contributed by atoms with Crippen molar-refractivity contribution in [1.29, 1.82) is 0 Å². The maximum atomic E-state index is 12.1. The molecule has 0 atom stereocenters. The summed E-state index contributed by atoms with van der Waals surface area (Å²) in [7, 11) is 0. The molecule has 1 N–H and O–H groups in total. The number of thiazole rings is 1. The Balaban J connectivity index is 1.64. The summed E-state index contributed by atoms with van der Waals surface area (Å²) >= 11 is 13.3. The highest BCUT2D eigenvalue weighted by Crippen LogP contribution is 2.27. The third-order valence-corrected chi connectivity index (χ3v) is 4.89. The molecule has 3 rings (SSSR count). The van der Waals surface area contributed by atoms with Crippen LogP contribution in [0.5, 0.6) is 5.75 Å². The highest BCUT2D eigenvalue weighted by atomic mass is 35.5. The van der Waals surface area contributed by atoms with Gasteiger partial charge in [0, 0.05) is 27.1 Å². The van der Waals surface area contributed by atoms with E-state index < -0.39 is 0 Å². The minimum atomic E-state index is -0.284. The predicted octanol–water partition coefficient (Wildman–Crippen LogP) is 6.17. The van der Waals surface area contributed by atoms with Crippen LogP contribution in [0, 0.1) is 0 Å². The molecule has 0 radical (unpaired) electrons. The van der Waals surface area contributed by atoms with Crippen LogP contribution in [-0.2, 0) is 4.79 Å². The van der Waals surface area contributed by atoms with Gasteiger partial charge in [-0.3, -0.25) is 10.1 Å². The van der Waals surface area contributed by atoms with E-state index in [1.807, 2.05) is 36.6 Å². The van der Waals surface area contributed by atoms with Gasteiger partial charge in [0.15, 0.2) is 5.13 Å². The quantitative estimate of drug-likeness (QED) is 0.487. The second-order valence-electron chi connectivity index (χ2n) is 5.48. The minimum absolute atomic E-state index is 0.284. The van der Waals surface area contributed by atoms with Gasteiger partial charge in [0.25, 0.3) is 0 Å². The van der Waals surface area contributed by atoms with E-state index in [4.69, 9.17) is 27.9 Å². The number of carbonyl (C=O) groups excluding carboxylic acids is 1. The Labute approximate surface area is 171 Å².